The third kappa shape index (κ3) is 3.18. The maximum Gasteiger partial charge on any atom is 0.329 e. The summed E-state index contributed by atoms with van der Waals surface area (Å²) in [5.41, 5.74) is 0.712. The molecule has 0 unspecified atom stereocenters. The molecule has 1 aliphatic heterocycles. The Labute approximate surface area is 162 Å². The zero-order valence-corrected chi connectivity index (χ0v) is 16.3. The van der Waals surface area contributed by atoms with Gasteiger partial charge in [-0.1, -0.05) is 29.8 Å². The Morgan fingerprint density at radius 3 is 2.29 bits per heavy atom. The van der Waals surface area contributed by atoms with Gasteiger partial charge in [-0.3, -0.25) is 9.36 Å². The largest absolute Gasteiger partial charge is 0.329 e. The van der Waals surface area contributed by atoms with Gasteiger partial charge in [0.2, 0.25) is 10.0 Å². The second-order valence-corrected chi connectivity index (χ2v) is 9.04. The van der Waals surface area contributed by atoms with Crippen molar-refractivity contribution in [3.63, 3.8) is 0 Å². The molecule has 2 aromatic carbocycles. The molecule has 1 fully saturated rings. The Kier molecular flexibility index (Phi) is 4.68. The summed E-state index contributed by atoms with van der Waals surface area (Å²) >= 11 is 0. The monoisotopic (exact) mass is 399 g/mol. The number of para-hydroxylation sites is 1. The SMILES string of the molecule is Cc1ccc(S(=O)(=O)N2CCC(n3c(=O)[nH]c4ccccc4c3=O)CC2)cc1. The van der Waals surface area contributed by atoms with E-state index in [0.29, 0.717) is 23.7 Å². The van der Waals surface area contributed by atoms with E-state index >= 15 is 0 Å². The summed E-state index contributed by atoms with van der Waals surface area (Å²) in [6, 6.07) is 13.3. The van der Waals surface area contributed by atoms with Gasteiger partial charge in [0.15, 0.2) is 0 Å². The highest BCUT2D eigenvalue weighted by atomic mass is 32.2. The van der Waals surface area contributed by atoms with Gasteiger partial charge < -0.3 is 4.98 Å². The Morgan fingerprint density at radius 1 is 0.964 bits per heavy atom. The van der Waals surface area contributed by atoms with Gasteiger partial charge in [-0.05, 0) is 44.0 Å². The van der Waals surface area contributed by atoms with Crippen LogP contribution in [0.3, 0.4) is 0 Å². The van der Waals surface area contributed by atoms with Crippen molar-refractivity contribution in [2.24, 2.45) is 0 Å². The van der Waals surface area contributed by atoms with E-state index in [2.05, 4.69) is 4.98 Å². The number of hydrogen-bond acceptors (Lipinski definition) is 4. The predicted molar refractivity (Wildman–Crippen MR) is 107 cm³/mol. The lowest BCUT2D eigenvalue weighted by atomic mass is 10.1. The van der Waals surface area contributed by atoms with Crippen LogP contribution in [0.1, 0.15) is 24.4 Å². The van der Waals surface area contributed by atoms with Gasteiger partial charge in [0.1, 0.15) is 0 Å². The molecule has 2 heterocycles. The molecule has 0 radical (unpaired) electrons. The minimum absolute atomic E-state index is 0.261. The van der Waals surface area contributed by atoms with Gasteiger partial charge >= 0.3 is 5.69 Å². The number of aromatic nitrogens is 2. The van der Waals surface area contributed by atoms with Crippen LogP contribution in [0.25, 0.3) is 10.9 Å². The lowest BCUT2D eigenvalue weighted by Crippen LogP contribution is -2.44. The normalized spacial score (nSPS) is 16.5. The van der Waals surface area contributed by atoms with Crippen molar-refractivity contribution in [3.05, 3.63) is 74.9 Å². The Hall–Kier alpha value is -2.71. The minimum Gasteiger partial charge on any atom is -0.307 e. The maximum atomic E-state index is 12.8. The number of benzene rings is 2. The van der Waals surface area contributed by atoms with Crippen LogP contribution in [0.4, 0.5) is 0 Å². The molecule has 0 spiro atoms. The molecule has 0 saturated carbocycles. The van der Waals surface area contributed by atoms with E-state index in [1.165, 1.54) is 8.87 Å². The molecule has 146 valence electrons. The molecule has 4 rings (SSSR count). The number of nitrogens with zero attached hydrogens (tertiary/aromatic N) is 2. The van der Waals surface area contributed by atoms with Crippen LogP contribution >= 0.6 is 0 Å². The first kappa shape index (κ1) is 18.6. The smallest absolute Gasteiger partial charge is 0.307 e. The topological polar surface area (TPSA) is 92.2 Å². The molecule has 0 aliphatic carbocycles. The molecule has 8 heteroatoms. The van der Waals surface area contributed by atoms with Gasteiger partial charge in [-0.2, -0.15) is 4.31 Å². The van der Waals surface area contributed by atoms with E-state index in [1.807, 2.05) is 6.92 Å². The summed E-state index contributed by atoms with van der Waals surface area (Å²) in [5.74, 6) is 0. The fourth-order valence-corrected chi connectivity index (χ4v) is 5.18. The summed E-state index contributed by atoms with van der Waals surface area (Å²) in [6.45, 7) is 2.43. The third-order valence-electron chi connectivity index (χ3n) is 5.28. The predicted octanol–water partition coefficient (Wildman–Crippen LogP) is 2.02. The van der Waals surface area contributed by atoms with E-state index in [9.17, 15) is 18.0 Å². The average molecular weight is 399 g/mol. The zero-order valence-electron chi connectivity index (χ0n) is 15.5. The number of aromatic amines is 1. The number of rotatable bonds is 3. The van der Waals surface area contributed by atoms with E-state index in [1.54, 1.807) is 48.5 Å². The second-order valence-electron chi connectivity index (χ2n) is 7.10. The molecule has 1 aliphatic rings. The fourth-order valence-electron chi connectivity index (χ4n) is 3.71. The van der Waals surface area contributed by atoms with Gasteiger partial charge in [0.05, 0.1) is 15.8 Å². The van der Waals surface area contributed by atoms with Crippen LogP contribution in [-0.4, -0.2) is 35.4 Å². The van der Waals surface area contributed by atoms with Crippen molar-refractivity contribution >= 4 is 20.9 Å². The number of sulfonamides is 1. The Morgan fingerprint density at radius 2 is 1.61 bits per heavy atom. The molecule has 3 aromatic rings. The van der Waals surface area contributed by atoms with Gasteiger partial charge in [0, 0.05) is 19.1 Å². The summed E-state index contributed by atoms with van der Waals surface area (Å²) in [4.78, 5) is 28.3. The number of nitrogens with one attached hydrogen (secondary N) is 1. The van der Waals surface area contributed by atoms with Crippen molar-refractivity contribution in [3.8, 4) is 0 Å². The maximum absolute atomic E-state index is 12.8. The van der Waals surface area contributed by atoms with Gasteiger partial charge in [0.25, 0.3) is 5.56 Å². The van der Waals surface area contributed by atoms with Crippen molar-refractivity contribution in [1.29, 1.82) is 0 Å². The highest BCUT2D eigenvalue weighted by Crippen LogP contribution is 2.25. The van der Waals surface area contributed by atoms with E-state index in [4.69, 9.17) is 0 Å². The first-order valence-corrected chi connectivity index (χ1v) is 10.6. The van der Waals surface area contributed by atoms with Crippen LogP contribution in [0, 0.1) is 6.92 Å². The summed E-state index contributed by atoms with van der Waals surface area (Å²) in [7, 11) is -3.58. The molecule has 1 aromatic heterocycles. The van der Waals surface area contributed by atoms with Crippen molar-refractivity contribution in [2.75, 3.05) is 13.1 Å². The number of hydrogen-bond donors (Lipinski definition) is 1. The molecule has 1 saturated heterocycles. The van der Waals surface area contributed by atoms with E-state index in [-0.39, 0.29) is 29.6 Å². The lowest BCUT2D eigenvalue weighted by Gasteiger charge is -2.31. The number of aryl methyl sites for hydroxylation is 1. The summed E-state index contributed by atoms with van der Waals surface area (Å²) < 4.78 is 28.3. The molecular weight excluding hydrogens is 378 g/mol. The molecule has 1 N–H and O–H groups in total. The number of piperidine rings is 1. The fraction of sp³-hybridized carbons (Fsp3) is 0.300. The number of H-pyrrole nitrogens is 1. The Bertz CT molecular complexity index is 1230. The standard InChI is InChI=1S/C20H21N3O4S/c1-14-6-8-16(9-7-14)28(26,27)22-12-10-15(11-13-22)23-19(24)17-4-2-3-5-18(17)21-20(23)25/h2-9,15H,10-13H2,1H3,(H,21,25). The first-order valence-electron chi connectivity index (χ1n) is 9.18. The van der Waals surface area contributed by atoms with E-state index < -0.39 is 15.7 Å². The molecule has 0 amide bonds. The third-order valence-corrected chi connectivity index (χ3v) is 7.20. The van der Waals surface area contributed by atoms with Crippen LogP contribution < -0.4 is 11.2 Å². The lowest BCUT2D eigenvalue weighted by molar-refractivity contribution is 0.266. The van der Waals surface area contributed by atoms with Crippen molar-refractivity contribution < 1.29 is 8.42 Å². The highest BCUT2D eigenvalue weighted by molar-refractivity contribution is 7.89. The van der Waals surface area contributed by atoms with E-state index in [0.717, 1.165) is 5.56 Å². The van der Waals surface area contributed by atoms with Crippen LogP contribution in [0.5, 0.6) is 0 Å². The first-order chi connectivity index (χ1) is 13.4. The highest BCUT2D eigenvalue weighted by Gasteiger charge is 2.31. The average Bonchev–Trinajstić information content (AvgIpc) is 2.69. The van der Waals surface area contributed by atoms with Crippen LogP contribution in [-0.2, 0) is 10.0 Å². The number of fused-ring (bicyclic) bond motifs is 1. The minimum atomic E-state index is -3.58. The molecule has 28 heavy (non-hydrogen) atoms. The van der Waals surface area contributed by atoms with Crippen LogP contribution in [0.2, 0.25) is 0 Å². The van der Waals surface area contributed by atoms with Crippen molar-refractivity contribution in [2.45, 2.75) is 30.7 Å². The molecule has 0 bridgehead atoms. The van der Waals surface area contributed by atoms with Crippen LogP contribution in [0.15, 0.2) is 63.0 Å². The van der Waals surface area contributed by atoms with Gasteiger partial charge in [-0.25, -0.2) is 13.2 Å². The quantitative estimate of drug-likeness (QED) is 0.729. The second kappa shape index (κ2) is 7.03. The summed E-state index contributed by atoms with van der Waals surface area (Å²) in [6.07, 6.45) is 0.818. The zero-order chi connectivity index (χ0) is 19.9. The molecule has 7 nitrogen and oxygen atoms in total. The van der Waals surface area contributed by atoms with Gasteiger partial charge in [-0.15, -0.1) is 0 Å². The molecule has 0 atom stereocenters. The molecular formula is C20H21N3O4S. The van der Waals surface area contributed by atoms with Crippen molar-refractivity contribution in [1.82, 2.24) is 13.9 Å². The summed E-state index contributed by atoms with van der Waals surface area (Å²) in [5, 5.41) is 0.455. The Balaban J connectivity index is 1.60.